The Labute approximate surface area is 104 Å². The molecule has 0 amide bonds. The van der Waals surface area contributed by atoms with Crippen LogP contribution in [0.1, 0.15) is 36.8 Å². The van der Waals surface area contributed by atoms with Gasteiger partial charge in [0, 0.05) is 19.2 Å². The first-order valence-electron chi connectivity index (χ1n) is 6.70. The van der Waals surface area contributed by atoms with E-state index in [4.69, 9.17) is 5.11 Å². The smallest absolute Gasteiger partial charge is 0.0431 e. The van der Waals surface area contributed by atoms with Gasteiger partial charge in [-0.05, 0) is 44.7 Å². The van der Waals surface area contributed by atoms with E-state index in [-0.39, 0.29) is 0 Å². The topological polar surface area (TPSA) is 23.5 Å². The summed E-state index contributed by atoms with van der Waals surface area (Å²) in [5, 5.41) is 8.84. The predicted octanol–water partition coefficient (Wildman–Crippen LogP) is 2.73. The van der Waals surface area contributed by atoms with Gasteiger partial charge in [-0.15, -0.1) is 0 Å². The Bertz CT molecular complexity index is 329. The molecule has 1 aliphatic rings. The molecule has 0 bridgehead atoms. The lowest BCUT2D eigenvalue weighted by Gasteiger charge is -2.22. The van der Waals surface area contributed by atoms with Crippen LogP contribution in [0.4, 0.5) is 0 Å². The minimum absolute atomic E-state index is 0.322. The Morgan fingerprint density at radius 3 is 2.47 bits per heavy atom. The van der Waals surface area contributed by atoms with E-state index < -0.39 is 0 Å². The van der Waals surface area contributed by atoms with E-state index in [0.717, 1.165) is 32.0 Å². The fourth-order valence-corrected chi connectivity index (χ4v) is 2.19. The molecule has 1 aliphatic carbocycles. The van der Waals surface area contributed by atoms with Crippen LogP contribution in [0.2, 0.25) is 0 Å². The molecule has 2 nitrogen and oxygen atoms in total. The zero-order valence-corrected chi connectivity index (χ0v) is 10.7. The van der Waals surface area contributed by atoms with Crippen molar-refractivity contribution in [1.29, 1.82) is 0 Å². The Hall–Kier alpha value is -0.860. The second-order valence-corrected chi connectivity index (χ2v) is 5.12. The molecule has 0 atom stereocenters. The van der Waals surface area contributed by atoms with Crippen LogP contribution in [-0.4, -0.2) is 29.2 Å². The largest absolute Gasteiger partial charge is 0.396 e. The Morgan fingerprint density at radius 1 is 1.18 bits per heavy atom. The van der Waals surface area contributed by atoms with Crippen molar-refractivity contribution in [2.24, 2.45) is 0 Å². The number of benzene rings is 1. The van der Waals surface area contributed by atoms with Gasteiger partial charge in [0.1, 0.15) is 0 Å². The van der Waals surface area contributed by atoms with E-state index in [1.165, 1.54) is 24.0 Å². The lowest BCUT2D eigenvalue weighted by molar-refractivity contribution is 0.229. The molecular formula is C15H23NO. The molecule has 1 fully saturated rings. The maximum absolute atomic E-state index is 8.84. The third-order valence-electron chi connectivity index (χ3n) is 3.42. The second-order valence-electron chi connectivity index (χ2n) is 5.12. The van der Waals surface area contributed by atoms with Gasteiger partial charge in [-0.3, -0.25) is 4.90 Å². The van der Waals surface area contributed by atoms with Gasteiger partial charge in [-0.2, -0.15) is 0 Å². The molecule has 0 saturated heterocycles. The number of aliphatic hydroxyl groups is 1. The lowest BCUT2D eigenvalue weighted by Crippen LogP contribution is -2.26. The molecule has 0 heterocycles. The number of nitrogens with zero attached hydrogens (tertiary/aromatic N) is 1. The van der Waals surface area contributed by atoms with Crippen molar-refractivity contribution in [3.63, 3.8) is 0 Å². The quantitative estimate of drug-likeness (QED) is 0.732. The molecule has 1 saturated carbocycles. The van der Waals surface area contributed by atoms with Crippen LogP contribution in [0, 0.1) is 6.92 Å². The fourth-order valence-electron chi connectivity index (χ4n) is 2.19. The van der Waals surface area contributed by atoms with Crippen LogP contribution in [0.5, 0.6) is 0 Å². The summed E-state index contributed by atoms with van der Waals surface area (Å²) < 4.78 is 0. The molecule has 0 unspecified atom stereocenters. The summed E-state index contributed by atoms with van der Waals surface area (Å²) in [6.45, 7) is 4.64. The highest BCUT2D eigenvalue weighted by molar-refractivity contribution is 5.21. The second kappa shape index (κ2) is 6.18. The van der Waals surface area contributed by atoms with E-state index in [1.807, 2.05) is 0 Å². The summed E-state index contributed by atoms with van der Waals surface area (Å²) in [7, 11) is 0. The highest BCUT2D eigenvalue weighted by atomic mass is 16.2. The fraction of sp³-hybridized carbons (Fsp3) is 0.600. The van der Waals surface area contributed by atoms with Crippen LogP contribution in [-0.2, 0) is 6.54 Å². The van der Waals surface area contributed by atoms with E-state index in [9.17, 15) is 0 Å². The SMILES string of the molecule is Cc1ccc(CN(CCCCO)C2CC2)cc1. The van der Waals surface area contributed by atoms with Crippen molar-refractivity contribution >= 4 is 0 Å². The van der Waals surface area contributed by atoms with Gasteiger partial charge in [0.25, 0.3) is 0 Å². The number of unbranched alkanes of at least 4 members (excludes halogenated alkanes) is 1. The molecule has 2 heteroatoms. The van der Waals surface area contributed by atoms with Crippen molar-refractivity contribution in [2.45, 2.75) is 45.2 Å². The summed E-state index contributed by atoms with van der Waals surface area (Å²) in [5.74, 6) is 0. The van der Waals surface area contributed by atoms with Gasteiger partial charge in [-0.25, -0.2) is 0 Å². The van der Waals surface area contributed by atoms with Crippen LogP contribution in [0.15, 0.2) is 24.3 Å². The van der Waals surface area contributed by atoms with Crippen molar-refractivity contribution in [3.05, 3.63) is 35.4 Å². The first-order chi connectivity index (χ1) is 8.29. The van der Waals surface area contributed by atoms with Crippen molar-refractivity contribution in [1.82, 2.24) is 4.90 Å². The van der Waals surface area contributed by atoms with E-state index in [0.29, 0.717) is 6.61 Å². The molecule has 0 radical (unpaired) electrons. The zero-order valence-electron chi connectivity index (χ0n) is 10.7. The maximum atomic E-state index is 8.84. The molecule has 17 heavy (non-hydrogen) atoms. The zero-order chi connectivity index (χ0) is 12.1. The summed E-state index contributed by atoms with van der Waals surface area (Å²) in [5.41, 5.74) is 2.73. The number of aliphatic hydroxyl groups excluding tert-OH is 1. The average Bonchev–Trinajstić information content (AvgIpc) is 3.15. The lowest BCUT2D eigenvalue weighted by atomic mass is 10.1. The van der Waals surface area contributed by atoms with Gasteiger partial charge in [-0.1, -0.05) is 29.8 Å². The molecule has 0 aliphatic heterocycles. The van der Waals surface area contributed by atoms with Gasteiger partial charge in [0.05, 0.1) is 0 Å². The van der Waals surface area contributed by atoms with Crippen molar-refractivity contribution in [3.8, 4) is 0 Å². The maximum Gasteiger partial charge on any atom is 0.0431 e. The molecule has 0 spiro atoms. The summed E-state index contributed by atoms with van der Waals surface area (Å²) in [4.78, 5) is 2.57. The number of hydrogen-bond donors (Lipinski definition) is 1. The van der Waals surface area contributed by atoms with Crippen LogP contribution in [0.25, 0.3) is 0 Å². The van der Waals surface area contributed by atoms with Gasteiger partial charge >= 0.3 is 0 Å². The Kier molecular flexibility index (Phi) is 4.57. The third-order valence-corrected chi connectivity index (χ3v) is 3.42. The molecule has 1 N–H and O–H groups in total. The van der Waals surface area contributed by atoms with Crippen LogP contribution < -0.4 is 0 Å². The van der Waals surface area contributed by atoms with E-state index >= 15 is 0 Å². The third kappa shape index (κ3) is 4.14. The summed E-state index contributed by atoms with van der Waals surface area (Å²) in [6.07, 6.45) is 4.74. The highest BCUT2D eigenvalue weighted by Crippen LogP contribution is 2.28. The summed E-state index contributed by atoms with van der Waals surface area (Å²) in [6, 6.07) is 9.64. The normalized spacial score (nSPS) is 15.5. The van der Waals surface area contributed by atoms with E-state index in [2.05, 4.69) is 36.1 Å². The van der Waals surface area contributed by atoms with E-state index in [1.54, 1.807) is 0 Å². The first kappa shape index (κ1) is 12.6. The molecular weight excluding hydrogens is 210 g/mol. The van der Waals surface area contributed by atoms with Gasteiger partial charge in [0.2, 0.25) is 0 Å². The molecule has 94 valence electrons. The number of hydrogen-bond acceptors (Lipinski definition) is 2. The average molecular weight is 233 g/mol. The first-order valence-corrected chi connectivity index (χ1v) is 6.70. The van der Waals surface area contributed by atoms with Crippen LogP contribution in [0.3, 0.4) is 0 Å². The van der Waals surface area contributed by atoms with Crippen molar-refractivity contribution in [2.75, 3.05) is 13.2 Å². The number of rotatable bonds is 7. The molecule has 1 aromatic carbocycles. The van der Waals surface area contributed by atoms with Crippen LogP contribution >= 0.6 is 0 Å². The highest BCUT2D eigenvalue weighted by Gasteiger charge is 2.28. The van der Waals surface area contributed by atoms with Gasteiger partial charge in [0.15, 0.2) is 0 Å². The predicted molar refractivity (Wildman–Crippen MR) is 70.9 cm³/mol. The monoisotopic (exact) mass is 233 g/mol. The minimum atomic E-state index is 0.322. The Morgan fingerprint density at radius 2 is 1.88 bits per heavy atom. The minimum Gasteiger partial charge on any atom is -0.396 e. The van der Waals surface area contributed by atoms with Crippen molar-refractivity contribution < 1.29 is 5.11 Å². The Balaban J connectivity index is 1.86. The molecule has 1 aromatic rings. The summed E-state index contributed by atoms with van der Waals surface area (Å²) >= 11 is 0. The number of aryl methyl sites for hydroxylation is 1. The molecule has 2 rings (SSSR count). The van der Waals surface area contributed by atoms with Gasteiger partial charge < -0.3 is 5.11 Å². The molecule has 0 aromatic heterocycles. The standard InChI is InChI=1S/C15H23NO/c1-13-4-6-14(7-5-13)12-16(15-8-9-15)10-2-3-11-17/h4-7,15,17H,2-3,8-12H2,1H3.